The fraction of sp³-hybridized carbons (Fsp3) is 0.577. The van der Waals surface area contributed by atoms with Gasteiger partial charge in [-0.2, -0.15) is 18.3 Å². The number of imidazole rings is 1. The van der Waals surface area contributed by atoms with Gasteiger partial charge in [0.15, 0.2) is 11.9 Å². The number of hydrogen-bond acceptors (Lipinski definition) is 7. The van der Waals surface area contributed by atoms with Crippen LogP contribution in [-0.2, 0) is 4.79 Å². The van der Waals surface area contributed by atoms with Crippen molar-refractivity contribution in [1.29, 1.82) is 0 Å². The van der Waals surface area contributed by atoms with Crippen LogP contribution in [0.2, 0.25) is 0 Å². The van der Waals surface area contributed by atoms with Gasteiger partial charge in [-0.15, -0.1) is 0 Å². The summed E-state index contributed by atoms with van der Waals surface area (Å²) in [5, 5.41) is 23.5. The van der Waals surface area contributed by atoms with Crippen LogP contribution in [-0.4, -0.2) is 48.8 Å². The van der Waals surface area contributed by atoms with Crippen LogP contribution >= 0.6 is 0 Å². The van der Waals surface area contributed by atoms with Crippen LogP contribution in [0.1, 0.15) is 97.4 Å². The Morgan fingerprint density at radius 3 is 2.56 bits per heavy atom. The molecule has 2 aliphatic carbocycles. The van der Waals surface area contributed by atoms with Gasteiger partial charge in [-0.05, 0) is 37.7 Å². The Labute approximate surface area is 230 Å². The van der Waals surface area contributed by atoms with Gasteiger partial charge >= 0.3 is 6.18 Å². The Balaban J connectivity index is 1.36. The Bertz CT molecular complexity index is 1410. The summed E-state index contributed by atoms with van der Waals surface area (Å²) in [5.74, 6) is -6.35. The molecule has 5 rings (SSSR count). The number of aromatic nitrogens is 4. The number of nitrogens with one attached hydrogen (secondary N) is 2. The summed E-state index contributed by atoms with van der Waals surface area (Å²) in [7, 11) is 0. The van der Waals surface area contributed by atoms with Crippen molar-refractivity contribution in [3.63, 3.8) is 0 Å². The Morgan fingerprint density at radius 2 is 1.90 bits per heavy atom. The number of alkyl halides is 5. The van der Waals surface area contributed by atoms with E-state index in [9.17, 15) is 36.6 Å². The number of rotatable bonds is 9. The van der Waals surface area contributed by atoms with Crippen LogP contribution in [0.5, 0.6) is 0 Å². The predicted molar refractivity (Wildman–Crippen MR) is 132 cm³/mol. The molecule has 3 heterocycles. The number of hydrogen-bond donors (Lipinski definition) is 3. The van der Waals surface area contributed by atoms with Gasteiger partial charge in [-0.25, -0.2) is 18.3 Å². The molecule has 2 amide bonds. The number of aliphatic hydroxyl groups excluding tert-OH is 1. The summed E-state index contributed by atoms with van der Waals surface area (Å²) in [5.41, 5.74) is 1.46. The number of halogens is 5. The minimum absolute atomic E-state index is 0.0686. The molecule has 2 fully saturated rings. The Morgan fingerprint density at radius 1 is 1.20 bits per heavy atom. The van der Waals surface area contributed by atoms with Crippen LogP contribution in [0.3, 0.4) is 0 Å². The molecule has 0 aromatic carbocycles. The molecule has 0 aliphatic heterocycles. The molecule has 10 nitrogen and oxygen atoms in total. The molecule has 15 heteroatoms. The second-order valence-electron chi connectivity index (χ2n) is 10.9. The number of fused-ring (bicyclic) bond motifs is 1. The second-order valence-corrected chi connectivity index (χ2v) is 10.9. The summed E-state index contributed by atoms with van der Waals surface area (Å²) >= 11 is 0. The maximum absolute atomic E-state index is 13.9. The highest BCUT2D eigenvalue weighted by Gasteiger charge is 2.40. The van der Waals surface area contributed by atoms with E-state index >= 15 is 0 Å². The first-order valence-electron chi connectivity index (χ1n) is 13.3. The summed E-state index contributed by atoms with van der Waals surface area (Å²) < 4.78 is 72.6. The van der Waals surface area contributed by atoms with Crippen molar-refractivity contribution in [1.82, 2.24) is 30.4 Å². The molecule has 3 aromatic heterocycles. The number of nitrogens with zero attached hydrogens (tertiary/aromatic N) is 4. The highest BCUT2D eigenvalue weighted by molar-refractivity contribution is 5.95. The lowest BCUT2D eigenvalue weighted by atomic mass is 9.81. The molecule has 3 atom stereocenters. The van der Waals surface area contributed by atoms with Gasteiger partial charge in [-0.1, -0.05) is 12.1 Å². The summed E-state index contributed by atoms with van der Waals surface area (Å²) in [6.45, 7) is 0.865. The van der Waals surface area contributed by atoms with Gasteiger partial charge in [0.25, 0.3) is 5.91 Å². The largest absolute Gasteiger partial charge is 0.392 e. The maximum Gasteiger partial charge on any atom is 0.392 e. The standard InChI is InChI=1S/C26H29F5N6O4/c1-13(26(29,30)31)8-20(38)34-23(39)16-9-19-33-18(11-37(19)32-10-16)22(15-4-6-25(27,28)7-5-15)35-24(40)17-12-41-36-21(17)14-2-3-14/h9-15,22-23,39H,2-8H2,1H3,(H,34,38)(H,35,40)/t13-,22-,23+/m0/s1. The van der Waals surface area contributed by atoms with E-state index in [2.05, 4.69) is 25.9 Å². The maximum atomic E-state index is 13.9. The molecule has 0 spiro atoms. The van der Waals surface area contributed by atoms with E-state index in [1.54, 1.807) is 0 Å². The van der Waals surface area contributed by atoms with Crippen molar-refractivity contribution in [2.75, 3.05) is 0 Å². The molecular formula is C26H29F5N6O4. The first-order valence-corrected chi connectivity index (χ1v) is 13.3. The molecule has 0 radical (unpaired) electrons. The van der Waals surface area contributed by atoms with E-state index in [0.717, 1.165) is 19.8 Å². The lowest BCUT2D eigenvalue weighted by Gasteiger charge is -2.33. The van der Waals surface area contributed by atoms with Crippen molar-refractivity contribution in [2.45, 2.75) is 82.2 Å². The smallest absolute Gasteiger partial charge is 0.369 e. The molecule has 0 unspecified atom stereocenters. The zero-order valence-corrected chi connectivity index (χ0v) is 22.0. The Kier molecular flexibility index (Phi) is 7.74. The fourth-order valence-electron chi connectivity index (χ4n) is 5.01. The Hall–Kier alpha value is -3.62. The molecule has 41 heavy (non-hydrogen) atoms. The quantitative estimate of drug-likeness (QED) is 0.247. The third-order valence-corrected chi connectivity index (χ3v) is 7.67. The van der Waals surface area contributed by atoms with Gasteiger partial charge in [0, 0.05) is 30.7 Å². The molecule has 2 saturated carbocycles. The highest BCUT2D eigenvalue weighted by Crippen LogP contribution is 2.43. The minimum Gasteiger partial charge on any atom is -0.369 e. The third-order valence-electron chi connectivity index (χ3n) is 7.67. The van der Waals surface area contributed by atoms with Gasteiger partial charge in [0.05, 0.1) is 35.7 Å². The zero-order valence-electron chi connectivity index (χ0n) is 22.0. The molecule has 2 aliphatic rings. The van der Waals surface area contributed by atoms with Gasteiger partial charge < -0.3 is 20.3 Å². The van der Waals surface area contributed by atoms with Crippen LogP contribution < -0.4 is 10.6 Å². The topological polar surface area (TPSA) is 135 Å². The average molecular weight is 585 g/mol. The molecule has 3 aromatic rings. The first kappa shape index (κ1) is 28.9. The summed E-state index contributed by atoms with van der Waals surface area (Å²) in [6, 6.07) is 0.632. The zero-order chi connectivity index (χ0) is 29.5. The molecule has 3 N–H and O–H groups in total. The minimum atomic E-state index is -4.55. The van der Waals surface area contributed by atoms with Crippen molar-refractivity contribution in [3.05, 3.63) is 47.2 Å². The summed E-state index contributed by atoms with van der Waals surface area (Å²) in [4.78, 5) is 29.8. The van der Waals surface area contributed by atoms with Crippen LogP contribution in [0, 0.1) is 11.8 Å². The third kappa shape index (κ3) is 6.66. The van der Waals surface area contributed by atoms with Crippen LogP contribution in [0.15, 0.2) is 29.2 Å². The average Bonchev–Trinajstić information content (AvgIpc) is 3.46. The first-order chi connectivity index (χ1) is 19.3. The lowest BCUT2D eigenvalue weighted by molar-refractivity contribution is -0.174. The van der Waals surface area contributed by atoms with Crippen molar-refractivity contribution in [3.8, 4) is 0 Å². The van der Waals surface area contributed by atoms with Crippen molar-refractivity contribution >= 4 is 17.5 Å². The summed E-state index contributed by atoms with van der Waals surface area (Å²) in [6.07, 6.45) is -1.66. The van der Waals surface area contributed by atoms with E-state index in [1.807, 2.05) is 0 Å². The number of amides is 2. The van der Waals surface area contributed by atoms with Crippen molar-refractivity contribution in [2.24, 2.45) is 11.8 Å². The van der Waals surface area contributed by atoms with Gasteiger partial charge in [0.2, 0.25) is 11.8 Å². The fourth-order valence-corrected chi connectivity index (χ4v) is 5.01. The monoisotopic (exact) mass is 584 g/mol. The predicted octanol–water partition coefficient (Wildman–Crippen LogP) is 4.59. The SMILES string of the molecule is C[C@@H](CC(=O)N[C@H](O)c1cnn2cc([C@@H](NC(=O)c3conc3C3CC3)C3CCC(F)(F)CC3)nc2c1)C(F)(F)F. The molecule has 0 bridgehead atoms. The van der Waals surface area contributed by atoms with E-state index in [-0.39, 0.29) is 54.3 Å². The molecular weight excluding hydrogens is 555 g/mol. The van der Waals surface area contributed by atoms with E-state index in [1.165, 1.54) is 29.2 Å². The van der Waals surface area contributed by atoms with Gasteiger partial charge in [0.1, 0.15) is 11.8 Å². The van der Waals surface area contributed by atoms with Crippen molar-refractivity contribution < 1.29 is 41.2 Å². The lowest BCUT2D eigenvalue weighted by Crippen LogP contribution is -2.37. The second kappa shape index (κ2) is 11.0. The molecule has 0 saturated heterocycles. The number of carbonyl (C=O) groups is 2. The van der Waals surface area contributed by atoms with Crippen LogP contribution in [0.25, 0.3) is 5.65 Å². The van der Waals surface area contributed by atoms with E-state index in [4.69, 9.17) is 4.52 Å². The van der Waals surface area contributed by atoms with E-state index < -0.39 is 48.5 Å². The number of aliphatic hydroxyl groups is 1. The van der Waals surface area contributed by atoms with Crippen LogP contribution in [0.4, 0.5) is 22.0 Å². The highest BCUT2D eigenvalue weighted by atomic mass is 19.4. The molecule has 222 valence electrons. The van der Waals surface area contributed by atoms with E-state index in [0.29, 0.717) is 11.4 Å². The van der Waals surface area contributed by atoms with Gasteiger partial charge in [-0.3, -0.25) is 9.59 Å². The normalized spacial score (nSPS) is 20.0. The number of carbonyl (C=O) groups excluding carboxylic acids is 2.